The van der Waals surface area contributed by atoms with Gasteiger partial charge in [0.1, 0.15) is 5.54 Å². The third-order valence-electron chi connectivity index (χ3n) is 3.75. The van der Waals surface area contributed by atoms with Crippen LogP contribution < -0.4 is 11.2 Å². The minimum Gasteiger partial charge on any atom is -0.337 e. The fourth-order valence-corrected chi connectivity index (χ4v) is 2.43. The fourth-order valence-electron chi connectivity index (χ4n) is 1.76. The molecule has 0 aliphatic heterocycles. The molecule has 1 amide bonds. The van der Waals surface area contributed by atoms with Gasteiger partial charge >= 0.3 is 0 Å². The second-order valence-electron chi connectivity index (χ2n) is 5.79. The molecule has 1 saturated carbocycles. The highest BCUT2D eigenvalue weighted by atomic mass is 32.2. The molecule has 1 heterocycles. The van der Waals surface area contributed by atoms with Crippen LogP contribution in [0.3, 0.4) is 0 Å². The molecule has 7 nitrogen and oxygen atoms in total. The number of hydrogen-bond acceptors (Lipinski definition) is 6. The zero-order chi connectivity index (χ0) is 15.6. The van der Waals surface area contributed by atoms with Crippen molar-refractivity contribution in [2.24, 2.45) is 5.92 Å². The molecule has 8 heteroatoms. The number of nitrogen functional groups attached to an aromatic ring is 1. The topological polar surface area (TPSA) is 110 Å². The maximum absolute atomic E-state index is 12.0. The number of carbonyl (C=O) groups excluding carboxylic acids is 1. The van der Waals surface area contributed by atoms with Crippen molar-refractivity contribution in [2.45, 2.75) is 50.2 Å². The molecule has 114 valence electrons. The average Bonchev–Trinajstić information content (AvgIpc) is 3.20. The molecule has 0 radical (unpaired) electrons. The molecule has 3 N–H and O–H groups in total. The predicted octanol–water partition coefficient (Wildman–Crippen LogP) is 1.02. The van der Waals surface area contributed by atoms with E-state index < -0.39 is 5.54 Å². The predicted molar refractivity (Wildman–Crippen MR) is 79.9 cm³/mol. The molecule has 1 aliphatic carbocycles. The van der Waals surface area contributed by atoms with E-state index in [1.807, 2.05) is 13.8 Å². The van der Waals surface area contributed by atoms with Gasteiger partial charge in [0.05, 0.1) is 11.8 Å². The maximum atomic E-state index is 12.0. The lowest BCUT2D eigenvalue weighted by atomic mass is 9.90. The van der Waals surface area contributed by atoms with E-state index in [1.165, 1.54) is 16.4 Å². The number of amides is 1. The molecule has 0 bridgehead atoms. The molecule has 1 aliphatic rings. The van der Waals surface area contributed by atoms with Gasteiger partial charge in [-0.15, -0.1) is 10.2 Å². The molecular formula is C13H20N6OS. The first-order valence-corrected chi connectivity index (χ1v) is 7.91. The summed E-state index contributed by atoms with van der Waals surface area (Å²) in [6.45, 7) is 5.51. The fraction of sp³-hybridized carbons (Fsp3) is 0.692. The molecule has 1 fully saturated rings. The van der Waals surface area contributed by atoms with E-state index in [0.717, 1.165) is 18.7 Å². The Labute approximate surface area is 128 Å². The summed E-state index contributed by atoms with van der Waals surface area (Å²) < 4.78 is 1.46. The van der Waals surface area contributed by atoms with E-state index in [2.05, 4.69) is 21.6 Å². The Bertz CT molecular complexity index is 574. The van der Waals surface area contributed by atoms with Crippen molar-refractivity contribution in [1.82, 2.24) is 20.2 Å². The molecule has 1 unspecified atom stereocenters. The lowest BCUT2D eigenvalue weighted by Gasteiger charge is -2.27. The van der Waals surface area contributed by atoms with Gasteiger partial charge in [-0.05, 0) is 25.7 Å². The van der Waals surface area contributed by atoms with Gasteiger partial charge in [0.25, 0.3) is 0 Å². The third kappa shape index (κ3) is 3.47. The van der Waals surface area contributed by atoms with Crippen LogP contribution in [-0.2, 0) is 4.79 Å². The van der Waals surface area contributed by atoms with Crippen molar-refractivity contribution in [3.63, 3.8) is 0 Å². The van der Waals surface area contributed by atoms with Crippen LogP contribution in [0.4, 0.5) is 0 Å². The molecule has 1 atom stereocenters. The van der Waals surface area contributed by atoms with Gasteiger partial charge in [0, 0.05) is 5.92 Å². The minimum absolute atomic E-state index is 0.0241. The number of nitriles is 1. The summed E-state index contributed by atoms with van der Waals surface area (Å²) in [7, 11) is 0. The minimum atomic E-state index is -0.868. The smallest absolute Gasteiger partial charge is 0.231 e. The van der Waals surface area contributed by atoms with Crippen LogP contribution in [0.15, 0.2) is 5.16 Å². The maximum Gasteiger partial charge on any atom is 0.231 e. The second kappa shape index (κ2) is 5.93. The van der Waals surface area contributed by atoms with E-state index in [9.17, 15) is 10.1 Å². The molecule has 0 saturated heterocycles. The van der Waals surface area contributed by atoms with Gasteiger partial charge in [-0.1, -0.05) is 25.6 Å². The van der Waals surface area contributed by atoms with E-state index in [0.29, 0.717) is 11.1 Å². The summed E-state index contributed by atoms with van der Waals surface area (Å²) in [4.78, 5) is 12.0. The number of carbonyl (C=O) groups is 1. The molecule has 21 heavy (non-hydrogen) atoms. The standard InChI is InChI=1S/C13H20N6OS/c1-8(2)13(3,7-14)16-10(20)6-21-12-18-17-11(19(12)15)9-4-5-9/h8-9H,4-6,15H2,1-3H3,(H,16,20). The van der Waals surface area contributed by atoms with Gasteiger partial charge in [-0.3, -0.25) is 4.79 Å². The number of thioether (sulfide) groups is 1. The van der Waals surface area contributed by atoms with Crippen LogP contribution in [-0.4, -0.2) is 32.1 Å². The number of aromatic nitrogens is 3. The van der Waals surface area contributed by atoms with Crippen LogP contribution in [0.1, 0.15) is 45.4 Å². The molecule has 0 aromatic carbocycles. The Morgan fingerprint density at radius 3 is 2.81 bits per heavy atom. The first kappa shape index (κ1) is 15.6. The van der Waals surface area contributed by atoms with Crippen molar-refractivity contribution >= 4 is 17.7 Å². The van der Waals surface area contributed by atoms with Crippen molar-refractivity contribution in [3.8, 4) is 6.07 Å². The monoisotopic (exact) mass is 308 g/mol. The van der Waals surface area contributed by atoms with Crippen LogP contribution in [0, 0.1) is 17.2 Å². The van der Waals surface area contributed by atoms with Gasteiger partial charge < -0.3 is 11.2 Å². The Morgan fingerprint density at radius 2 is 2.29 bits per heavy atom. The van der Waals surface area contributed by atoms with E-state index in [-0.39, 0.29) is 17.6 Å². The first-order valence-electron chi connectivity index (χ1n) is 6.93. The molecular weight excluding hydrogens is 288 g/mol. The van der Waals surface area contributed by atoms with E-state index >= 15 is 0 Å². The number of nitrogens with one attached hydrogen (secondary N) is 1. The SMILES string of the molecule is CC(C)C(C)(C#N)NC(=O)CSc1nnc(C2CC2)n1N. The van der Waals surface area contributed by atoms with Gasteiger partial charge in [0.15, 0.2) is 5.82 Å². The van der Waals surface area contributed by atoms with Crippen molar-refractivity contribution in [2.75, 3.05) is 11.6 Å². The van der Waals surface area contributed by atoms with Gasteiger partial charge in [0.2, 0.25) is 11.1 Å². The number of nitrogens with two attached hydrogens (primary N) is 1. The highest BCUT2D eigenvalue weighted by Gasteiger charge is 2.31. The Morgan fingerprint density at radius 1 is 1.62 bits per heavy atom. The zero-order valence-corrected chi connectivity index (χ0v) is 13.3. The lowest BCUT2D eigenvalue weighted by Crippen LogP contribution is -2.49. The number of rotatable bonds is 6. The summed E-state index contributed by atoms with van der Waals surface area (Å²) in [6.07, 6.45) is 2.19. The molecule has 1 aromatic rings. The van der Waals surface area contributed by atoms with Crippen LogP contribution >= 0.6 is 11.8 Å². The van der Waals surface area contributed by atoms with Crippen LogP contribution in [0.2, 0.25) is 0 Å². The Kier molecular flexibility index (Phi) is 4.42. The summed E-state index contributed by atoms with van der Waals surface area (Å²) >= 11 is 1.23. The quantitative estimate of drug-likeness (QED) is 0.599. The first-order chi connectivity index (χ1) is 9.87. The number of hydrogen-bond donors (Lipinski definition) is 2. The average molecular weight is 308 g/mol. The van der Waals surface area contributed by atoms with Gasteiger partial charge in [-0.2, -0.15) is 5.26 Å². The van der Waals surface area contributed by atoms with Gasteiger partial charge in [-0.25, -0.2) is 4.68 Å². The molecule has 2 rings (SSSR count). The Balaban J connectivity index is 1.91. The molecule has 0 spiro atoms. The van der Waals surface area contributed by atoms with Crippen LogP contribution in [0.25, 0.3) is 0 Å². The van der Waals surface area contributed by atoms with Crippen LogP contribution in [0.5, 0.6) is 0 Å². The van der Waals surface area contributed by atoms with E-state index in [4.69, 9.17) is 5.84 Å². The highest BCUT2D eigenvalue weighted by Crippen LogP contribution is 2.39. The summed E-state index contributed by atoms with van der Waals surface area (Å²) in [5, 5.41) is 20.5. The van der Waals surface area contributed by atoms with Crippen molar-refractivity contribution in [1.29, 1.82) is 5.26 Å². The summed E-state index contributed by atoms with van der Waals surface area (Å²) in [6, 6.07) is 2.15. The normalized spacial score (nSPS) is 17.3. The number of nitrogens with zero attached hydrogens (tertiary/aromatic N) is 4. The summed E-state index contributed by atoms with van der Waals surface area (Å²) in [5.74, 6) is 7.08. The zero-order valence-electron chi connectivity index (χ0n) is 12.5. The largest absolute Gasteiger partial charge is 0.337 e. The van der Waals surface area contributed by atoms with Crippen molar-refractivity contribution < 1.29 is 4.79 Å². The highest BCUT2D eigenvalue weighted by molar-refractivity contribution is 7.99. The Hall–Kier alpha value is -1.75. The second-order valence-corrected chi connectivity index (χ2v) is 6.73. The summed E-state index contributed by atoms with van der Waals surface area (Å²) in [5.41, 5.74) is -0.868. The molecule has 1 aromatic heterocycles. The lowest BCUT2D eigenvalue weighted by molar-refractivity contribution is -0.120. The third-order valence-corrected chi connectivity index (χ3v) is 4.69. The van der Waals surface area contributed by atoms with Crippen molar-refractivity contribution in [3.05, 3.63) is 5.82 Å². The van der Waals surface area contributed by atoms with E-state index in [1.54, 1.807) is 6.92 Å².